The molecule has 2 bridgehead atoms. The fraction of sp³-hybridized carbons (Fsp3) is 1.00. The minimum atomic E-state index is -0.0596. The topological polar surface area (TPSA) is 50.5 Å². The Morgan fingerprint density at radius 1 is 1.73 bits per heavy atom. The summed E-state index contributed by atoms with van der Waals surface area (Å²) in [6.07, 6.45) is 0.285. The lowest BCUT2D eigenvalue weighted by molar-refractivity contribution is -0.162. The van der Waals surface area contributed by atoms with Crippen LogP contribution < -0.4 is 11.2 Å². The summed E-state index contributed by atoms with van der Waals surface area (Å²) >= 11 is 0. The van der Waals surface area contributed by atoms with Gasteiger partial charge in [0.05, 0.1) is 11.7 Å². The van der Waals surface area contributed by atoms with E-state index in [-0.39, 0.29) is 11.7 Å². The number of nitrogens with two attached hydrogens (primary N) is 1. The van der Waals surface area contributed by atoms with Gasteiger partial charge in [0.1, 0.15) is 0 Å². The van der Waals surface area contributed by atoms with Crippen LogP contribution >= 0.6 is 0 Å². The Labute approximate surface area is 66.7 Å². The summed E-state index contributed by atoms with van der Waals surface area (Å²) in [5.74, 6) is 5.74. The summed E-state index contributed by atoms with van der Waals surface area (Å²) in [5.41, 5.74) is -0.0596. The number of fused-ring (bicyclic) bond motifs is 2. The molecule has 0 spiro atoms. The van der Waals surface area contributed by atoms with E-state index in [0.29, 0.717) is 0 Å². The summed E-state index contributed by atoms with van der Waals surface area (Å²) in [5, 5.41) is 5.20. The number of hydrazine groups is 1. The number of rotatable bonds is 0. The molecule has 0 aromatic heterocycles. The monoisotopic (exact) mass is 157 g/mol. The minimum Gasteiger partial charge on any atom is -0.367 e. The molecule has 2 saturated heterocycles. The first-order chi connectivity index (χ1) is 5.18. The standard InChI is InChI=1S/C7H15N3O/c1-7-4-9-2-6(11-7)3-10(8)5-7/h6,9H,2-5,8H2,1H3. The number of ether oxygens (including phenoxy) is 1. The highest BCUT2D eigenvalue weighted by Gasteiger charge is 2.38. The van der Waals surface area contributed by atoms with Gasteiger partial charge in [-0.3, -0.25) is 5.84 Å². The van der Waals surface area contributed by atoms with E-state index in [0.717, 1.165) is 26.2 Å². The lowest BCUT2D eigenvalue weighted by atomic mass is 10.0. The van der Waals surface area contributed by atoms with E-state index in [2.05, 4.69) is 12.2 Å². The highest BCUT2D eigenvalue weighted by molar-refractivity contribution is 4.92. The summed E-state index contributed by atoms with van der Waals surface area (Å²) in [6.45, 7) is 5.63. The van der Waals surface area contributed by atoms with E-state index in [4.69, 9.17) is 10.6 Å². The molecule has 64 valence electrons. The minimum absolute atomic E-state index is 0.0596. The molecule has 0 amide bonds. The molecule has 2 rings (SSSR count). The van der Waals surface area contributed by atoms with E-state index >= 15 is 0 Å². The van der Waals surface area contributed by atoms with E-state index in [1.165, 1.54) is 0 Å². The molecule has 2 atom stereocenters. The third kappa shape index (κ3) is 1.39. The van der Waals surface area contributed by atoms with E-state index in [1.807, 2.05) is 5.01 Å². The van der Waals surface area contributed by atoms with E-state index in [1.54, 1.807) is 0 Å². The van der Waals surface area contributed by atoms with Crippen molar-refractivity contribution in [2.45, 2.75) is 18.6 Å². The van der Waals surface area contributed by atoms with Gasteiger partial charge in [0.2, 0.25) is 0 Å². The summed E-state index contributed by atoms with van der Waals surface area (Å²) in [6, 6.07) is 0. The molecule has 11 heavy (non-hydrogen) atoms. The summed E-state index contributed by atoms with van der Waals surface area (Å²) in [7, 11) is 0. The van der Waals surface area contributed by atoms with Crippen LogP contribution in [0.25, 0.3) is 0 Å². The molecule has 0 aliphatic carbocycles. The van der Waals surface area contributed by atoms with Crippen LogP contribution in [0.1, 0.15) is 6.92 Å². The van der Waals surface area contributed by atoms with Crippen LogP contribution in [0.2, 0.25) is 0 Å². The SMILES string of the molecule is CC12CNCC(CN(N)C1)O2. The van der Waals surface area contributed by atoms with Crippen LogP contribution in [-0.4, -0.2) is 42.9 Å². The molecule has 0 aromatic carbocycles. The molecule has 4 heteroatoms. The Hall–Kier alpha value is -0.160. The van der Waals surface area contributed by atoms with Gasteiger partial charge < -0.3 is 10.1 Å². The lowest BCUT2D eigenvalue weighted by Gasteiger charge is -2.46. The van der Waals surface area contributed by atoms with Gasteiger partial charge in [0.25, 0.3) is 0 Å². The molecular weight excluding hydrogens is 142 g/mol. The van der Waals surface area contributed by atoms with Crippen LogP contribution in [0.3, 0.4) is 0 Å². The molecule has 2 unspecified atom stereocenters. The van der Waals surface area contributed by atoms with Gasteiger partial charge in [-0.25, -0.2) is 5.01 Å². The number of morpholine rings is 2. The second-order valence-corrected chi connectivity index (χ2v) is 3.75. The van der Waals surface area contributed by atoms with Crippen LogP contribution in [0, 0.1) is 0 Å². The fourth-order valence-corrected chi connectivity index (χ4v) is 1.93. The summed E-state index contributed by atoms with van der Waals surface area (Å²) < 4.78 is 5.80. The van der Waals surface area contributed by atoms with Gasteiger partial charge in [-0.05, 0) is 6.92 Å². The zero-order valence-electron chi connectivity index (χ0n) is 6.84. The second-order valence-electron chi connectivity index (χ2n) is 3.75. The molecule has 3 N–H and O–H groups in total. The van der Waals surface area contributed by atoms with Crippen molar-refractivity contribution in [1.82, 2.24) is 10.3 Å². The molecular formula is C7H15N3O. The maximum atomic E-state index is 5.80. The normalized spacial score (nSPS) is 45.8. The zero-order chi connectivity index (χ0) is 7.90. The third-order valence-electron chi connectivity index (χ3n) is 2.30. The maximum Gasteiger partial charge on any atom is 0.0923 e. The third-order valence-corrected chi connectivity index (χ3v) is 2.30. The molecule has 0 radical (unpaired) electrons. The maximum absolute atomic E-state index is 5.80. The molecule has 0 saturated carbocycles. The van der Waals surface area contributed by atoms with E-state index in [9.17, 15) is 0 Å². The smallest absolute Gasteiger partial charge is 0.0923 e. The van der Waals surface area contributed by atoms with Crippen molar-refractivity contribution in [3.05, 3.63) is 0 Å². The molecule has 2 aliphatic heterocycles. The average molecular weight is 157 g/mol. The van der Waals surface area contributed by atoms with Crippen LogP contribution in [0.4, 0.5) is 0 Å². The molecule has 0 aromatic rings. The first kappa shape index (κ1) is 7.49. The molecule has 2 heterocycles. The van der Waals surface area contributed by atoms with Gasteiger partial charge in [-0.15, -0.1) is 0 Å². The van der Waals surface area contributed by atoms with Crippen molar-refractivity contribution in [3.8, 4) is 0 Å². The first-order valence-corrected chi connectivity index (χ1v) is 4.06. The Balaban J connectivity index is 2.09. The highest BCUT2D eigenvalue weighted by Crippen LogP contribution is 2.21. The Bertz CT molecular complexity index is 160. The lowest BCUT2D eigenvalue weighted by Crippen LogP contribution is -2.65. The van der Waals surface area contributed by atoms with E-state index < -0.39 is 0 Å². The Kier molecular flexibility index (Phi) is 1.64. The second kappa shape index (κ2) is 2.42. The number of hydrogen-bond donors (Lipinski definition) is 2. The van der Waals surface area contributed by atoms with Gasteiger partial charge in [-0.2, -0.15) is 0 Å². The zero-order valence-corrected chi connectivity index (χ0v) is 6.84. The van der Waals surface area contributed by atoms with Gasteiger partial charge in [0, 0.05) is 26.2 Å². The van der Waals surface area contributed by atoms with Crippen molar-refractivity contribution in [1.29, 1.82) is 0 Å². The average Bonchev–Trinajstić information content (AvgIpc) is 1.82. The molecule has 2 fully saturated rings. The van der Waals surface area contributed by atoms with Crippen molar-refractivity contribution in [2.75, 3.05) is 26.2 Å². The van der Waals surface area contributed by atoms with Crippen molar-refractivity contribution >= 4 is 0 Å². The van der Waals surface area contributed by atoms with Crippen LogP contribution in [-0.2, 0) is 4.74 Å². The van der Waals surface area contributed by atoms with Gasteiger partial charge in [0.15, 0.2) is 0 Å². The first-order valence-electron chi connectivity index (χ1n) is 4.06. The quantitative estimate of drug-likeness (QED) is 0.439. The predicted octanol–water partition coefficient (Wildman–Crippen LogP) is -1.08. The van der Waals surface area contributed by atoms with Crippen LogP contribution in [0.5, 0.6) is 0 Å². The number of nitrogens with one attached hydrogen (secondary N) is 1. The van der Waals surface area contributed by atoms with Crippen molar-refractivity contribution in [3.63, 3.8) is 0 Å². The molecule has 4 nitrogen and oxygen atoms in total. The Morgan fingerprint density at radius 2 is 2.55 bits per heavy atom. The fourth-order valence-electron chi connectivity index (χ4n) is 1.93. The largest absolute Gasteiger partial charge is 0.367 e. The number of nitrogens with zero attached hydrogens (tertiary/aromatic N) is 1. The van der Waals surface area contributed by atoms with Crippen LogP contribution in [0.15, 0.2) is 0 Å². The van der Waals surface area contributed by atoms with Gasteiger partial charge >= 0.3 is 0 Å². The Morgan fingerprint density at radius 3 is 3.27 bits per heavy atom. The molecule has 2 aliphatic rings. The number of hydrogen-bond acceptors (Lipinski definition) is 4. The van der Waals surface area contributed by atoms with Crippen molar-refractivity contribution in [2.24, 2.45) is 5.84 Å². The van der Waals surface area contributed by atoms with Crippen molar-refractivity contribution < 1.29 is 4.74 Å². The van der Waals surface area contributed by atoms with Gasteiger partial charge in [-0.1, -0.05) is 0 Å². The predicted molar refractivity (Wildman–Crippen MR) is 41.9 cm³/mol. The summed E-state index contributed by atoms with van der Waals surface area (Å²) in [4.78, 5) is 0. The highest BCUT2D eigenvalue weighted by atomic mass is 16.5.